The Morgan fingerprint density at radius 3 is 2.70 bits per heavy atom. The molecule has 0 aliphatic rings. The van der Waals surface area contributed by atoms with Gasteiger partial charge in [0, 0.05) is 32.9 Å². The lowest BCUT2D eigenvalue weighted by Crippen LogP contribution is -2.36. The number of methoxy groups -OCH3 is 1. The number of anilines is 1. The first kappa shape index (κ1) is 16.4. The van der Waals surface area contributed by atoms with Crippen molar-refractivity contribution in [3.8, 4) is 0 Å². The van der Waals surface area contributed by atoms with Crippen LogP contribution in [0, 0.1) is 5.92 Å². The fraction of sp³-hybridized carbons (Fsp3) is 0.600. The number of carbonyl (C=O) groups is 1. The first-order chi connectivity index (χ1) is 9.58. The van der Waals surface area contributed by atoms with Gasteiger partial charge in [-0.1, -0.05) is 13.8 Å². The first-order valence-corrected chi connectivity index (χ1v) is 7.06. The standard InChI is InChI=1S/C15H25N3O2/c1-5-16-14-7-6-13(10-17-14)15(19)18(8-9-20-4)11-12(2)3/h6-7,10,12H,5,8-9,11H2,1-4H3,(H,16,17). The van der Waals surface area contributed by atoms with Crippen molar-refractivity contribution in [3.63, 3.8) is 0 Å². The summed E-state index contributed by atoms with van der Waals surface area (Å²) in [6.07, 6.45) is 1.63. The SMILES string of the molecule is CCNc1ccc(C(=O)N(CCOC)CC(C)C)cn1. The number of hydrogen-bond donors (Lipinski definition) is 1. The van der Waals surface area contributed by atoms with E-state index in [1.165, 1.54) is 0 Å². The zero-order valence-corrected chi connectivity index (χ0v) is 12.8. The minimum absolute atomic E-state index is 0.00583. The molecule has 1 amide bonds. The van der Waals surface area contributed by atoms with E-state index in [0.29, 0.717) is 24.6 Å². The third-order valence-corrected chi connectivity index (χ3v) is 2.81. The summed E-state index contributed by atoms with van der Waals surface area (Å²) in [6.45, 7) is 8.88. The summed E-state index contributed by atoms with van der Waals surface area (Å²) in [6, 6.07) is 3.65. The van der Waals surface area contributed by atoms with Crippen LogP contribution in [0.15, 0.2) is 18.3 Å². The molecule has 0 saturated heterocycles. The topological polar surface area (TPSA) is 54.5 Å². The van der Waals surface area contributed by atoms with E-state index in [1.54, 1.807) is 13.3 Å². The Morgan fingerprint density at radius 2 is 2.20 bits per heavy atom. The van der Waals surface area contributed by atoms with Crippen LogP contribution < -0.4 is 5.32 Å². The summed E-state index contributed by atoms with van der Waals surface area (Å²) in [4.78, 5) is 18.5. The van der Waals surface area contributed by atoms with Crippen LogP contribution in [-0.2, 0) is 4.74 Å². The molecular formula is C15H25N3O2. The molecular weight excluding hydrogens is 254 g/mol. The van der Waals surface area contributed by atoms with Crippen LogP contribution >= 0.6 is 0 Å². The van der Waals surface area contributed by atoms with E-state index in [9.17, 15) is 4.79 Å². The Morgan fingerprint density at radius 1 is 1.45 bits per heavy atom. The molecule has 0 spiro atoms. The number of nitrogens with zero attached hydrogens (tertiary/aromatic N) is 2. The molecule has 1 rings (SSSR count). The molecule has 0 saturated carbocycles. The van der Waals surface area contributed by atoms with Crippen LogP contribution in [0.25, 0.3) is 0 Å². The highest BCUT2D eigenvalue weighted by Crippen LogP contribution is 2.09. The van der Waals surface area contributed by atoms with Crippen molar-refractivity contribution >= 4 is 11.7 Å². The Bertz CT molecular complexity index is 404. The molecule has 5 heteroatoms. The highest BCUT2D eigenvalue weighted by atomic mass is 16.5. The molecule has 112 valence electrons. The summed E-state index contributed by atoms with van der Waals surface area (Å²) in [5, 5.41) is 3.11. The van der Waals surface area contributed by atoms with Crippen molar-refractivity contribution in [2.75, 3.05) is 38.7 Å². The van der Waals surface area contributed by atoms with Gasteiger partial charge in [0.1, 0.15) is 5.82 Å². The van der Waals surface area contributed by atoms with Gasteiger partial charge >= 0.3 is 0 Å². The Balaban J connectivity index is 2.76. The van der Waals surface area contributed by atoms with Gasteiger partial charge in [-0.25, -0.2) is 4.98 Å². The van der Waals surface area contributed by atoms with Crippen LogP contribution in [-0.4, -0.2) is 49.1 Å². The number of carbonyl (C=O) groups excluding carboxylic acids is 1. The average molecular weight is 279 g/mol. The van der Waals surface area contributed by atoms with Crippen molar-refractivity contribution in [3.05, 3.63) is 23.9 Å². The van der Waals surface area contributed by atoms with E-state index in [1.807, 2.05) is 24.0 Å². The zero-order valence-electron chi connectivity index (χ0n) is 12.8. The quantitative estimate of drug-likeness (QED) is 0.793. The van der Waals surface area contributed by atoms with Gasteiger partial charge in [0.2, 0.25) is 0 Å². The molecule has 1 N–H and O–H groups in total. The number of hydrogen-bond acceptors (Lipinski definition) is 4. The Labute approximate surface area is 121 Å². The van der Waals surface area contributed by atoms with Gasteiger partial charge in [-0.2, -0.15) is 0 Å². The van der Waals surface area contributed by atoms with Gasteiger partial charge in [0.25, 0.3) is 5.91 Å². The van der Waals surface area contributed by atoms with E-state index in [4.69, 9.17) is 4.74 Å². The summed E-state index contributed by atoms with van der Waals surface area (Å²) in [5.41, 5.74) is 0.614. The van der Waals surface area contributed by atoms with Crippen LogP contribution in [0.1, 0.15) is 31.1 Å². The normalized spacial score (nSPS) is 10.7. The first-order valence-electron chi connectivity index (χ1n) is 7.06. The molecule has 0 aliphatic heterocycles. The molecule has 0 radical (unpaired) electrons. The molecule has 0 aromatic carbocycles. The number of rotatable bonds is 8. The molecule has 20 heavy (non-hydrogen) atoms. The predicted molar refractivity (Wildman–Crippen MR) is 81.0 cm³/mol. The predicted octanol–water partition coefficient (Wildman–Crippen LogP) is 2.26. The molecule has 0 atom stereocenters. The third-order valence-electron chi connectivity index (χ3n) is 2.81. The Hall–Kier alpha value is -1.62. The van der Waals surface area contributed by atoms with E-state index in [-0.39, 0.29) is 5.91 Å². The maximum Gasteiger partial charge on any atom is 0.255 e. The van der Waals surface area contributed by atoms with E-state index in [0.717, 1.165) is 18.9 Å². The lowest BCUT2D eigenvalue weighted by atomic mass is 10.1. The number of aromatic nitrogens is 1. The van der Waals surface area contributed by atoms with Gasteiger partial charge in [0.15, 0.2) is 0 Å². The fourth-order valence-electron chi connectivity index (χ4n) is 1.91. The average Bonchev–Trinajstić information content (AvgIpc) is 2.43. The number of ether oxygens (including phenoxy) is 1. The number of pyridine rings is 1. The minimum atomic E-state index is 0.00583. The van der Waals surface area contributed by atoms with E-state index < -0.39 is 0 Å². The summed E-state index contributed by atoms with van der Waals surface area (Å²) < 4.78 is 5.07. The van der Waals surface area contributed by atoms with Gasteiger partial charge in [0.05, 0.1) is 12.2 Å². The molecule has 0 fully saturated rings. The van der Waals surface area contributed by atoms with Gasteiger partial charge in [-0.3, -0.25) is 4.79 Å². The van der Waals surface area contributed by atoms with Gasteiger partial charge in [-0.05, 0) is 25.0 Å². The smallest absolute Gasteiger partial charge is 0.255 e. The molecule has 0 bridgehead atoms. The molecule has 1 heterocycles. The summed E-state index contributed by atoms with van der Waals surface area (Å²) in [5.74, 6) is 1.22. The number of nitrogens with one attached hydrogen (secondary N) is 1. The molecule has 1 aromatic heterocycles. The van der Waals surface area contributed by atoms with Crippen LogP contribution in [0.3, 0.4) is 0 Å². The largest absolute Gasteiger partial charge is 0.383 e. The summed E-state index contributed by atoms with van der Waals surface area (Å²) in [7, 11) is 1.64. The molecule has 5 nitrogen and oxygen atoms in total. The van der Waals surface area contributed by atoms with Crippen LogP contribution in [0.5, 0.6) is 0 Å². The van der Waals surface area contributed by atoms with Crippen molar-refractivity contribution < 1.29 is 9.53 Å². The molecule has 1 aromatic rings. The second-order valence-corrected chi connectivity index (χ2v) is 5.10. The van der Waals surface area contributed by atoms with Gasteiger partial charge in [-0.15, -0.1) is 0 Å². The van der Waals surface area contributed by atoms with Crippen molar-refractivity contribution in [1.82, 2.24) is 9.88 Å². The van der Waals surface area contributed by atoms with E-state index in [2.05, 4.69) is 24.1 Å². The minimum Gasteiger partial charge on any atom is -0.383 e. The van der Waals surface area contributed by atoms with Gasteiger partial charge < -0.3 is 15.0 Å². The molecule has 0 aliphatic carbocycles. The lowest BCUT2D eigenvalue weighted by molar-refractivity contribution is 0.0672. The maximum absolute atomic E-state index is 12.5. The van der Waals surface area contributed by atoms with Crippen molar-refractivity contribution in [2.45, 2.75) is 20.8 Å². The number of amides is 1. The van der Waals surface area contributed by atoms with E-state index >= 15 is 0 Å². The fourth-order valence-corrected chi connectivity index (χ4v) is 1.91. The van der Waals surface area contributed by atoms with Crippen LogP contribution in [0.2, 0.25) is 0 Å². The molecule has 0 unspecified atom stereocenters. The zero-order chi connectivity index (χ0) is 15.0. The second kappa shape index (κ2) is 8.53. The van der Waals surface area contributed by atoms with Crippen molar-refractivity contribution in [1.29, 1.82) is 0 Å². The maximum atomic E-state index is 12.5. The third kappa shape index (κ3) is 5.17. The van der Waals surface area contributed by atoms with Crippen molar-refractivity contribution in [2.24, 2.45) is 5.92 Å². The highest BCUT2D eigenvalue weighted by Gasteiger charge is 2.17. The Kier molecular flexibility index (Phi) is 7.01. The highest BCUT2D eigenvalue weighted by molar-refractivity contribution is 5.94. The monoisotopic (exact) mass is 279 g/mol. The van der Waals surface area contributed by atoms with Crippen LogP contribution in [0.4, 0.5) is 5.82 Å². The lowest BCUT2D eigenvalue weighted by Gasteiger charge is -2.24. The second-order valence-electron chi connectivity index (χ2n) is 5.10. The summed E-state index contributed by atoms with van der Waals surface area (Å²) >= 11 is 0.